The molecule has 1 aromatic rings. The minimum absolute atomic E-state index is 0.218. The molecule has 0 aliphatic rings. The molecule has 0 fully saturated rings. The second-order valence-electron chi connectivity index (χ2n) is 2.80. The van der Waals surface area contributed by atoms with Gasteiger partial charge in [-0.1, -0.05) is 0 Å². The molecular weight excluding hydrogens is 278 g/mol. The Balaban J connectivity index is 2.63. The van der Waals surface area contributed by atoms with Crippen molar-refractivity contribution in [3.05, 3.63) is 10.7 Å². The molecule has 4 nitrogen and oxygen atoms in total. The third-order valence-electron chi connectivity index (χ3n) is 1.59. The summed E-state index contributed by atoms with van der Waals surface area (Å²) in [5, 5.41) is 12.7. The summed E-state index contributed by atoms with van der Waals surface area (Å²) in [6, 6.07) is 0. The van der Waals surface area contributed by atoms with Gasteiger partial charge in [0.2, 0.25) is 5.95 Å². The van der Waals surface area contributed by atoms with Crippen molar-refractivity contribution < 1.29 is 5.11 Å². The van der Waals surface area contributed by atoms with E-state index in [4.69, 9.17) is 5.11 Å². The average Bonchev–Trinajstić information content (AvgIpc) is 2.23. The predicted octanol–water partition coefficient (Wildman–Crippen LogP) is 2.15. The van der Waals surface area contributed by atoms with Crippen molar-refractivity contribution in [2.24, 2.45) is 0 Å². The van der Waals surface area contributed by atoms with Crippen LogP contribution in [-0.4, -0.2) is 34.0 Å². The Morgan fingerprint density at radius 3 is 3.07 bits per heavy atom. The lowest BCUT2D eigenvalue weighted by Gasteiger charge is -2.05. The van der Waals surface area contributed by atoms with Crippen LogP contribution in [0.3, 0.4) is 0 Å². The van der Waals surface area contributed by atoms with Gasteiger partial charge in [0.25, 0.3) is 0 Å². The molecule has 0 aromatic carbocycles. The van der Waals surface area contributed by atoms with Crippen LogP contribution in [0.2, 0.25) is 0 Å². The predicted molar refractivity (Wildman–Crippen MR) is 66.3 cm³/mol. The first-order chi connectivity index (χ1) is 7.27. The highest BCUT2D eigenvalue weighted by atomic mass is 79.9. The number of anilines is 1. The molecule has 1 aromatic heterocycles. The van der Waals surface area contributed by atoms with Crippen LogP contribution in [0.1, 0.15) is 13.3 Å². The third kappa shape index (κ3) is 4.36. The zero-order chi connectivity index (χ0) is 11.1. The summed E-state index contributed by atoms with van der Waals surface area (Å²) in [4.78, 5) is 8.47. The van der Waals surface area contributed by atoms with Crippen molar-refractivity contribution in [1.82, 2.24) is 9.97 Å². The molecule has 0 saturated carbocycles. The summed E-state index contributed by atoms with van der Waals surface area (Å²) in [7, 11) is 0. The lowest BCUT2D eigenvalue weighted by Crippen LogP contribution is -2.02. The van der Waals surface area contributed by atoms with Crippen molar-refractivity contribution in [2.45, 2.75) is 18.4 Å². The fraction of sp³-hybridized carbons (Fsp3) is 0.556. The van der Waals surface area contributed by atoms with Crippen LogP contribution in [0.25, 0.3) is 0 Å². The van der Waals surface area contributed by atoms with Crippen LogP contribution in [0, 0.1) is 0 Å². The summed E-state index contributed by atoms with van der Waals surface area (Å²) in [5.41, 5.74) is 0. The molecule has 6 heteroatoms. The van der Waals surface area contributed by atoms with Gasteiger partial charge in [-0.2, -0.15) is 0 Å². The number of nitrogens with one attached hydrogen (secondary N) is 1. The molecule has 0 atom stereocenters. The first-order valence-electron chi connectivity index (χ1n) is 4.78. The fourth-order valence-electron chi connectivity index (χ4n) is 0.929. The highest BCUT2D eigenvalue weighted by Gasteiger charge is 2.04. The molecule has 0 saturated heterocycles. The number of hydrogen-bond donors (Lipinski definition) is 2. The quantitative estimate of drug-likeness (QED) is 0.478. The SMILES string of the molecule is CCNc1ncc(Br)c(SCCCO)n1. The van der Waals surface area contributed by atoms with Crippen LogP contribution in [0.4, 0.5) is 5.95 Å². The van der Waals surface area contributed by atoms with E-state index in [0.29, 0.717) is 5.95 Å². The van der Waals surface area contributed by atoms with Gasteiger partial charge < -0.3 is 10.4 Å². The van der Waals surface area contributed by atoms with Gasteiger partial charge in [-0.15, -0.1) is 11.8 Å². The van der Waals surface area contributed by atoms with E-state index in [9.17, 15) is 0 Å². The van der Waals surface area contributed by atoms with Gasteiger partial charge in [-0.3, -0.25) is 0 Å². The van der Waals surface area contributed by atoms with E-state index in [2.05, 4.69) is 31.2 Å². The molecule has 2 N–H and O–H groups in total. The number of nitrogens with zero attached hydrogens (tertiary/aromatic N) is 2. The van der Waals surface area contributed by atoms with Gasteiger partial charge in [0, 0.05) is 25.1 Å². The van der Waals surface area contributed by atoms with Crippen molar-refractivity contribution in [1.29, 1.82) is 0 Å². The van der Waals surface area contributed by atoms with Crippen LogP contribution in [0.5, 0.6) is 0 Å². The Kier molecular flexibility index (Phi) is 5.97. The molecule has 0 spiro atoms. The fourth-order valence-corrected chi connectivity index (χ4v) is 2.27. The standard InChI is InChI=1S/C9H14BrN3OS/c1-2-11-9-12-6-7(10)8(13-9)15-5-3-4-14/h6,14H,2-5H2,1H3,(H,11,12,13). The maximum Gasteiger partial charge on any atom is 0.223 e. The zero-order valence-corrected chi connectivity index (χ0v) is 10.9. The Morgan fingerprint density at radius 1 is 1.60 bits per heavy atom. The second kappa shape index (κ2) is 7.03. The van der Waals surface area contributed by atoms with Gasteiger partial charge in [0.05, 0.1) is 4.47 Å². The zero-order valence-electron chi connectivity index (χ0n) is 8.53. The molecular formula is C9H14BrN3OS. The molecule has 0 aliphatic carbocycles. The van der Waals surface area contributed by atoms with Gasteiger partial charge in [-0.05, 0) is 29.3 Å². The van der Waals surface area contributed by atoms with E-state index in [1.165, 1.54) is 0 Å². The molecule has 0 aliphatic heterocycles. The molecule has 84 valence electrons. The van der Waals surface area contributed by atoms with Gasteiger partial charge in [-0.25, -0.2) is 9.97 Å². The highest BCUT2D eigenvalue weighted by molar-refractivity contribution is 9.10. The van der Waals surface area contributed by atoms with Crippen LogP contribution < -0.4 is 5.32 Å². The number of aliphatic hydroxyl groups is 1. The van der Waals surface area contributed by atoms with Crippen LogP contribution in [0.15, 0.2) is 15.7 Å². The van der Waals surface area contributed by atoms with Crippen LogP contribution >= 0.6 is 27.7 Å². The summed E-state index contributed by atoms with van der Waals surface area (Å²) >= 11 is 5.01. The number of hydrogen-bond acceptors (Lipinski definition) is 5. The topological polar surface area (TPSA) is 58.0 Å². The first kappa shape index (κ1) is 12.7. The number of halogens is 1. The second-order valence-corrected chi connectivity index (χ2v) is 4.74. The number of aromatic nitrogens is 2. The van der Waals surface area contributed by atoms with E-state index < -0.39 is 0 Å². The molecule has 1 rings (SSSR count). The lowest BCUT2D eigenvalue weighted by atomic mass is 10.5. The van der Waals surface area contributed by atoms with Crippen molar-refractivity contribution in [2.75, 3.05) is 24.2 Å². The van der Waals surface area contributed by atoms with E-state index in [1.807, 2.05) is 6.92 Å². The normalized spacial score (nSPS) is 10.3. The number of thioether (sulfide) groups is 1. The Labute approximate surface area is 102 Å². The molecule has 1 heterocycles. The van der Waals surface area contributed by atoms with Crippen molar-refractivity contribution in [3.63, 3.8) is 0 Å². The van der Waals surface area contributed by atoms with E-state index in [1.54, 1.807) is 18.0 Å². The Hall–Kier alpha value is -0.330. The van der Waals surface area contributed by atoms with Crippen molar-refractivity contribution in [3.8, 4) is 0 Å². The summed E-state index contributed by atoms with van der Waals surface area (Å²) < 4.78 is 0.895. The smallest absolute Gasteiger partial charge is 0.223 e. The molecule has 0 bridgehead atoms. The minimum atomic E-state index is 0.218. The van der Waals surface area contributed by atoms with Gasteiger partial charge in [0.1, 0.15) is 5.03 Å². The van der Waals surface area contributed by atoms with E-state index in [-0.39, 0.29) is 6.61 Å². The average molecular weight is 292 g/mol. The molecule has 0 unspecified atom stereocenters. The summed E-state index contributed by atoms with van der Waals surface area (Å²) in [5.74, 6) is 1.50. The van der Waals surface area contributed by atoms with Gasteiger partial charge >= 0.3 is 0 Å². The van der Waals surface area contributed by atoms with E-state index in [0.717, 1.165) is 28.2 Å². The summed E-state index contributed by atoms with van der Waals surface area (Å²) in [6.45, 7) is 3.03. The minimum Gasteiger partial charge on any atom is -0.396 e. The van der Waals surface area contributed by atoms with Crippen molar-refractivity contribution >= 4 is 33.6 Å². The Morgan fingerprint density at radius 2 is 2.40 bits per heavy atom. The number of rotatable bonds is 6. The lowest BCUT2D eigenvalue weighted by molar-refractivity contribution is 0.296. The molecule has 0 radical (unpaired) electrons. The highest BCUT2D eigenvalue weighted by Crippen LogP contribution is 2.25. The van der Waals surface area contributed by atoms with Crippen LogP contribution in [-0.2, 0) is 0 Å². The maximum atomic E-state index is 8.68. The first-order valence-corrected chi connectivity index (χ1v) is 6.55. The van der Waals surface area contributed by atoms with E-state index >= 15 is 0 Å². The largest absolute Gasteiger partial charge is 0.396 e. The molecule has 15 heavy (non-hydrogen) atoms. The van der Waals surface area contributed by atoms with Gasteiger partial charge in [0.15, 0.2) is 0 Å². The molecule has 0 amide bonds. The number of aliphatic hydroxyl groups excluding tert-OH is 1. The monoisotopic (exact) mass is 291 g/mol. The third-order valence-corrected chi connectivity index (χ3v) is 3.51. The summed E-state index contributed by atoms with van der Waals surface area (Å²) in [6.07, 6.45) is 2.52. The maximum absolute atomic E-state index is 8.68. The Bertz CT molecular complexity index is 311.